The molecule has 114 valence electrons. The van der Waals surface area contributed by atoms with Crippen LogP contribution < -0.4 is 0 Å². The molecule has 0 aliphatic carbocycles. The van der Waals surface area contributed by atoms with Crippen LogP contribution in [0.5, 0.6) is 0 Å². The number of alkyl halides is 3. The molecule has 0 bridgehead atoms. The molecule has 0 saturated heterocycles. The maximum atomic E-state index is 12.4. The zero-order valence-corrected chi connectivity index (χ0v) is 12.6. The molecule has 3 aromatic rings. The van der Waals surface area contributed by atoms with Crippen LogP contribution in [0, 0.1) is 10.1 Å². The molecule has 6 nitrogen and oxygen atoms in total. The van der Waals surface area contributed by atoms with Crippen LogP contribution in [0.25, 0.3) is 10.2 Å². The van der Waals surface area contributed by atoms with Gasteiger partial charge in [-0.25, -0.2) is 4.98 Å². The predicted molar refractivity (Wildman–Crippen MR) is 75.3 cm³/mol. The summed E-state index contributed by atoms with van der Waals surface area (Å²) in [7, 11) is 0. The molecule has 2 aromatic heterocycles. The van der Waals surface area contributed by atoms with Gasteiger partial charge in [0.2, 0.25) is 5.01 Å². The van der Waals surface area contributed by atoms with Crippen molar-refractivity contribution in [1.29, 1.82) is 0 Å². The molecular formula is C10H3F3N4O2S3. The van der Waals surface area contributed by atoms with Crippen molar-refractivity contribution in [3.05, 3.63) is 33.3 Å². The molecule has 0 radical (unpaired) electrons. The third-order valence-electron chi connectivity index (χ3n) is 2.39. The van der Waals surface area contributed by atoms with E-state index in [-0.39, 0.29) is 10.0 Å². The Bertz CT molecular complexity index is 861. The molecule has 0 amide bonds. The van der Waals surface area contributed by atoms with Crippen molar-refractivity contribution >= 4 is 50.3 Å². The summed E-state index contributed by atoms with van der Waals surface area (Å²) in [5.41, 5.74) is 0.474. The molecule has 0 unspecified atom stereocenters. The van der Waals surface area contributed by atoms with Gasteiger partial charge in [0.1, 0.15) is 0 Å². The number of aromatic nitrogens is 3. The Balaban J connectivity index is 1.88. The monoisotopic (exact) mass is 364 g/mol. The fourth-order valence-corrected chi connectivity index (χ4v) is 4.51. The second-order valence-corrected chi connectivity index (χ2v) is 7.36. The van der Waals surface area contributed by atoms with Crippen molar-refractivity contribution in [3.63, 3.8) is 0 Å². The average molecular weight is 364 g/mol. The number of hydrogen-bond donors (Lipinski definition) is 0. The zero-order valence-electron chi connectivity index (χ0n) is 10.2. The number of halogens is 3. The molecule has 22 heavy (non-hydrogen) atoms. The molecule has 12 heteroatoms. The first-order valence-corrected chi connectivity index (χ1v) is 7.91. The third-order valence-corrected chi connectivity index (χ3v) is 5.48. The Kier molecular flexibility index (Phi) is 3.74. The van der Waals surface area contributed by atoms with Gasteiger partial charge in [0.25, 0.3) is 5.69 Å². The normalized spacial score (nSPS) is 12.0. The van der Waals surface area contributed by atoms with Crippen LogP contribution in [-0.2, 0) is 6.18 Å². The van der Waals surface area contributed by atoms with Gasteiger partial charge < -0.3 is 0 Å². The number of nitrogens with zero attached hydrogens (tertiary/aromatic N) is 4. The number of non-ortho nitro benzene ring substituents is 1. The molecule has 2 heterocycles. The highest BCUT2D eigenvalue weighted by atomic mass is 32.2. The van der Waals surface area contributed by atoms with E-state index in [9.17, 15) is 23.3 Å². The van der Waals surface area contributed by atoms with Gasteiger partial charge in [0.05, 0.1) is 15.1 Å². The van der Waals surface area contributed by atoms with Gasteiger partial charge in [-0.3, -0.25) is 10.1 Å². The maximum absolute atomic E-state index is 12.4. The van der Waals surface area contributed by atoms with Crippen LogP contribution in [0.2, 0.25) is 0 Å². The summed E-state index contributed by atoms with van der Waals surface area (Å²) >= 11 is 2.52. The van der Waals surface area contributed by atoms with Gasteiger partial charge >= 0.3 is 6.18 Å². The first-order valence-electron chi connectivity index (χ1n) is 5.46. The highest BCUT2D eigenvalue weighted by Crippen LogP contribution is 2.39. The van der Waals surface area contributed by atoms with Crippen molar-refractivity contribution in [2.75, 3.05) is 0 Å². The van der Waals surface area contributed by atoms with Gasteiger partial charge in [-0.1, -0.05) is 11.3 Å². The summed E-state index contributed by atoms with van der Waals surface area (Å²) in [6.07, 6.45) is -4.52. The number of thiazole rings is 1. The Morgan fingerprint density at radius 1 is 1.18 bits per heavy atom. The smallest absolute Gasteiger partial charge is 0.258 e. The SMILES string of the molecule is O=[N+]([O-])c1ccc2nc(Sc3nnc(C(F)(F)F)s3)sc2c1. The fourth-order valence-electron chi connectivity index (χ4n) is 1.49. The Labute approximate surface area is 132 Å². The highest BCUT2D eigenvalue weighted by molar-refractivity contribution is 8.02. The number of fused-ring (bicyclic) bond motifs is 1. The van der Waals surface area contributed by atoms with E-state index in [0.717, 1.165) is 23.1 Å². The third kappa shape index (κ3) is 3.03. The minimum absolute atomic E-state index is 0.0667. The summed E-state index contributed by atoms with van der Waals surface area (Å²) in [6.45, 7) is 0. The second kappa shape index (κ2) is 5.44. The summed E-state index contributed by atoms with van der Waals surface area (Å²) in [6, 6.07) is 4.19. The van der Waals surface area contributed by atoms with Crippen molar-refractivity contribution in [2.45, 2.75) is 14.9 Å². The van der Waals surface area contributed by atoms with Crippen LogP contribution in [0.3, 0.4) is 0 Å². The lowest BCUT2D eigenvalue weighted by Crippen LogP contribution is -2.03. The molecular weight excluding hydrogens is 361 g/mol. The standard InChI is InChI=1S/C10H3F3N4O2S3/c11-10(12,13)7-15-16-9(21-7)22-8-14-5-2-1-4(17(18)19)3-6(5)20-8/h1-3H. The van der Waals surface area contributed by atoms with Crippen molar-refractivity contribution in [2.24, 2.45) is 0 Å². The number of nitro groups is 1. The van der Waals surface area contributed by atoms with E-state index in [1.807, 2.05) is 0 Å². The first kappa shape index (κ1) is 15.1. The van der Waals surface area contributed by atoms with Gasteiger partial charge in [0.15, 0.2) is 8.68 Å². The largest absolute Gasteiger partial charge is 0.445 e. The van der Waals surface area contributed by atoms with Crippen molar-refractivity contribution < 1.29 is 18.1 Å². The molecule has 3 rings (SSSR count). The van der Waals surface area contributed by atoms with Gasteiger partial charge in [-0.2, -0.15) is 13.2 Å². The summed E-state index contributed by atoms with van der Waals surface area (Å²) in [5.74, 6) is 0. The zero-order chi connectivity index (χ0) is 15.9. The van der Waals surface area contributed by atoms with Crippen LogP contribution in [-0.4, -0.2) is 20.1 Å². The maximum Gasteiger partial charge on any atom is 0.445 e. The number of nitro benzene ring substituents is 1. The predicted octanol–water partition coefficient (Wildman–Crippen LogP) is 4.23. The number of benzene rings is 1. The fraction of sp³-hybridized carbons (Fsp3) is 0.100. The highest BCUT2D eigenvalue weighted by Gasteiger charge is 2.35. The topological polar surface area (TPSA) is 81.8 Å². The van der Waals surface area contributed by atoms with E-state index in [1.165, 1.54) is 18.2 Å². The average Bonchev–Trinajstić information content (AvgIpc) is 3.03. The summed E-state index contributed by atoms with van der Waals surface area (Å²) < 4.78 is 38.5. The lowest BCUT2D eigenvalue weighted by Gasteiger charge is -1.97. The minimum Gasteiger partial charge on any atom is -0.258 e. The molecule has 0 atom stereocenters. The second-order valence-electron chi connectivity index (χ2n) is 3.86. The van der Waals surface area contributed by atoms with E-state index in [2.05, 4.69) is 15.2 Å². The molecule has 0 spiro atoms. The van der Waals surface area contributed by atoms with Gasteiger partial charge in [-0.15, -0.1) is 21.5 Å². The van der Waals surface area contributed by atoms with Crippen molar-refractivity contribution in [3.8, 4) is 0 Å². The molecule has 0 N–H and O–H groups in total. The minimum atomic E-state index is -4.52. The summed E-state index contributed by atoms with van der Waals surface area (Å²) in [4.78, 5) is 14.4. The Morgan fingerprint density at radius 3 is 2.59 bits per heavy atom. The van der Waals surface area contributed by atoms with Crippen LogP contribution >= 0.6 is 34.4 Å². The lowest BCUT2D eigenvalue weighted by atomic mass is 10.3. The quantitative estimate of drug-likeness (QED) is 0.511. The van der Waals surface area contributed by atoms with E-state index >= 15 is 0 Å². The summed E-state index contributed by atoms with van der Waals surface area (Å²) in [5, 5.41) is 16.2. The van der Waals surface area contributed by atoms with E-state index in [4.69, 9.17) is 0 Å². The van der Waals surface area contributed by atoms with Crippen LogP contribution in [0.1, 0.15) is 5.01 Å². The molecule has 0 saturated carbocycles. The Morgan fingerprint density at radius 2 is 1.95 bits per heavy atom. The molecule has 0 fully saturated rings. The lowest BCUT2D eigenvalue weighted by molar-refractivity contribution is -0.384. The van der Waals surface area contributed by atoms with E-state index in [0.29, 0.717) is 25.9 Å². The Hall–Kier alpha value is -1.79. The van der Waals surface area contributed by atoms with Crippen molar-refractivity contribution in [1.82, 2.24) is 15.2 Å². The van der Waals surface area contributed by atoms with Crippen LogP contribution in [0.15, 0.2) is 26.9 Å². The first-order chi connectivity index (χ1) is 10.3. The number of hydrogen-bond acceptors (Lipinski definition) is 8. The van der Waals surface area contributed by atoms with Crippen LogP contribution in [0.4, 0.5) is 18.9 Å². The number of rotatable bonds is 3. The van der Waals surface area contributed by atoms with E-state index < -0.39 is 16.1 Å². The molecule has 0 aliphatic heterocycles. The molecule has 0 aliphatic rings. The molecule has 1 aromatic carbocycles. The van der Waals surface area contributed by atoms with Gasteiger partial charge in [-0.05, 0) is 17.8 Å². The van der Waals surface area contributed by atoms with E-state index in [1.54, 1.807) is 0 Å². The van der Waals surface area contributed by atoms with Gasteiger partial charge in [0, 0.05) is 12.1 Å².